The van der Waals surface area contributed by atoms with Gasteiger partial charge in [0.15, 0.2) is 0 Å². The maximum atomic E-state index is 5.62. The first-order chi connectivity index (χ1) is 10.8. The van der Waals surface area contributed by atoms with Gasteiger partial charge in [-0.05, 0) is 24.1 Å². The largest absolute Gasteiger partial charge is 0.496 e. The van der Waals surface area contributed by atoms with Gasteiger partial charge < -0.3 is 4.74 Å². The summed E-state index contributed by atoms with van der Waals surface area (Å²) >= 11 is 0. The van der Waals surface area contributed by atoms with Crippen LogP contribution in [-0.2, 0) is 0 Å². The van der Waals surface area contributed by atoms with Crippen LogP contribution in [0.25, 0.3) is 0 Å². The summed E-state index contributed by atoms with van der Waals surface area (Å²) in [7, 11) is 1.74. The van der Waals surface area contributed by atoms with Crippen LogP contribution in [-0.4, -0.2) is 7.11 Å². The van der Waals surface area contributed by atoms with Crippen LogP contribution in [0.1, 0.15) is 28.2 Å². The lowest BCUT2D eigenvalue weighted by molar-refractivity contribution is 0.409. The Bertz CT molecular complexity index is 693. The molecule has 0 spiro atoms. The van der Waals surface area contributed by atoms with Crippen molar-refractivity contribution in [2.45, 2.75) is 12.8 Å². The molecule has 0 aliphatic carbocycles. The zero-order valence-corrected chi connectivity index (χ0v) is 13.0. The summed E-state index contributed by atoms with van der Waals surface area (Å²) in [6.45, 7) is 2.12. The molecule has 0 saturated carbocycles. The average Bonchev–Trinajstić information content (AvgIpc) is 2.57. The Hall–Kier alpha value is -2.54. The standard InChI is InChI=1S/C21H20O/c1-16-13-14-20(22-2)19(15-16)21(17-9-5-3-6-10-17)18-11-7-4-8-12-18/h3-15,21H,1-2H3. The highest BCUT2D eigenvalue weighted by Gasteiger charge is 2.20. The van der Waals surface area contributed by atoms with Gasteiger partial charge in [0.1, 0.15) is 5.75 Å². The molecular weight excluding hydrogens is 268 g/mol. The van der Waals surface area contributed by atoms with Crippen molar-refractivity contribution in [1.29, 1.82) is 0 Å². The molecule has 0 amide bonds. The molecule has 0 radical (unpaired) electrons. The van der Waals surface area contributed by atoms with Crippen molar-refractivity contribution in [1.82, 2.24) is 0 Å². The van der Waals surface area contributed by atoms with E-state index < -0.39 is 0 Å². The summed E-state index contributed by atoms with van der Waals surface area (Å²) in [6.07, 6.45) is 0. The highest BCUT2D eigenvalue weighted by molar-refractivity contribution is 5.50. The van der Waals surface area contributed by atoms with Gasteiger partial charge in [0, 0.05) is 11.5 Å². The molecule has 0 unspecified atom stereocenters. The first kappa shape index (κ1) is 14.4. The Kier molecular flexibility index (Phi) is 4.24. The molecule has 0 fully saturated rings. The van der Waals surface area contributed by atoms with Crippen LogP contribution < -0.4 is 4.74 Å². The van der Waals surface area contributed by atoms with Gasteiger partial charge in [0.2, 0.25) is 0 Å². The lowest BCUT2D eigenvalue weighted by atomic mass is 9.84. The molecule has 0 aliphatic heterocycles. The molecule has 3 aromatic rings. The van der Waals surface area contributed by atoms with Gasteiger partial charge in [-0.15, -0.1) is 0 Å². The molecule has 0 saturated heterocycles. The van der Waals surface area contributed by atoms with E-state index in [1.54, 1.807) is 7.11 Å². The summed E-state index contributed by atoms with van der Waals surface area (Å²) < 4.78 is 5.62. The van der Waals surface area contributed by atoms with E-state index in [4.69, 9.17) is 4.74 Å². The molecule has 3 rings (SSSR count). The third-order valence-corrected chi connectivity index (χ3v) is 3.96. The van der Waals surface area contributed by atoms with E-state index in [1.165, 1.54) is 22.3 Å². The van der Waals surface area contributed by atoms with Crippen molar-refractivity contribution in [3.8, 4) is 5.75 Å². The second-order valence-corrected chi connectivity index (χ2v) is 5.50. The lowest BCUT2D eigenvalue weighted by Crippen LogP contribution is -2.05. The van der Waals surface area contributed by atoms with Crippen molar-refractivity contribution < 1.29 is 4.74 Å². The van der Waals surface area contributed by atoms with Crippen molar-refractivity contribution in [3.05, 3.63) is 101 Å². The first-order valence-corrected chi connectivity index (χ1v) is 7.54. The maximum absolute atomic E-state index is 5.62. The van der Waals surface area contributed by atoms with Gasteiger partial charge in [0.05, 0.1) is 7.11 Å². The fourth-order valence-corrected chi connectivity index (χ4v) is 2.92. The normalized spacial score (nSPS) is 10.7. The number of aryl methyl sites for hydroxylation is 1. The summed E-state index contributed by atoms with van der Waals surface area (Å²) in [4.78, 5) is 0. The van der Waals surface area contributed by atoms with E-state index in [9.17, 15) is 0 Å². The molecule has 0 heterocycles. The van der Waals surface area contributed by atoms with Crippen molar-refractivity contribution >= 4 is 0 Å². The van der Waals surface area contributed by atoms with Gasteiger partial charge in [-0.3, -0.25) is 0 Å². The van der Waals surface area contributed by atoms with Crippen molar-refractivity contribution in [2.24, 2.45) is 0 Å². The molecular formula is C21H20O. The van der Waals surface area contributed by atoms with Gasteiger partial charge in [-0.25, -0.2) is 0 Å². The quantitative estimate of drug-likeness (QED) is 0.601. The highest BCUT2D eigenvalue weighted by atomic mass is 16.5. The summed E-state index contributed by atoms with van der Waals surface area (Å²) in [5.41, 5.74) is 5.00. The number of hydrogen-bond donors (Lipinski definition) is 0. The SMILES string of the molecule is COc1ccc(C)cc1C(c1ccccc1)c1ccccc1. The first-order valence-electron chi connectivity index (χ1n) is 7.54. The molecule has 0 aromatic heterocycles. The minimum Gasteiger partial charge on any atom is -0.496 e. The summed E-state index contributed by atoms with van der Waals surface area (Å²) in [5.74, 6) is 1.11. The van der Waals surface area contributed by atoms with Crippen LogP contribution in [0.5, 0.6) is 5.75 Å². The van der Waals surface area contributed by atoms with Crippen molar-refractivity contribution in [2.75, 3.05) is 7.11 Å². The molecule has 0 bridgehead atoms. The van der Waals surface area contributed by atoms with E-state index >= 15 is 0 Å². The van der Waals surface area contributed by atoms with E-state index in [0.29, 0.717) is 0 Å². The topological polar surface area (TPSA) is 9.23 Å². The third kappa shape index (κ3) is 2.89. The third-order valence-electron chi connectivity index (χ3n) is 3.96. The van der Waals surface area contributed by atoms with E-state index in [2.05, 4.69) is 85.8 Å². The zero-order valence-electron chi connectivity index (χ0n) is 13.0. The van der Waals surface area contributed by atoms with Crippen molar-refractivity contribution in [3.63, 3.8) is 0 Å². The minimum absolute atomic E-state index is 0.178. The summed E-state index contributed by atoms with van der Waals surface area (Å²) in [5, 5.41) is 0. The second-order valence-electron chi connectivity index (χ2n) is 5.50. The zero-order chi connectivity index (χ0) is 15.4. The monoisotopic (exact) mass is 288 g/mol. The van der Waals surface area contributed by atoms with Crippen LogP contribution in [0, 0.1) is 6.92 Å². The lowest BCUT2D eigenvalue weighted by Gasteiger charge is -2.21. The molecule has 0 aliphatic rings. The Morgan fingerprint density at radius 2 is 1.27 bits per heavy atom. The predicted molar refractivity (Wildman–Crippen MR) is 91.6 cm³/mol. The fraction of sp³-hybridized carbons (Fsp3) is 0.143. The van der Waals surface area contributed by atoms with Crippen LogP contribution in [0.4, 0.5) is 0 Å². The van der Waals surface area contributed by atoms with Gasteiger partial charge in [0.25, 0.3) is 0 Å². The molecule has 0 atom stereocenters. The highest BCUT2D eigenvalue weighted by Crippen LogP contribution is 2.37. The summed E-state index contributed by atoms with van der Waals surface area (Å²) in [6, 6.07) is 27.6. The van der Waals surface area contributed by atoms with Gasteiger partial charge >= 0.3 is 0 Å². The minimum atomic E-state index is 0.178. The van der Waals surface area contributed by atoms with Crippen LogP contribution in [0.3, 0.4) is 0 Å². The number of hydrogen-bond acceptors (Lipinski definition) is 1. The number of benzene rings is 3. The van der Waals surface area contributed by atoms with Crippen LogP contribution in [0.15, 0.2) is 78.9 Å². The van der Waals surface area contributed by atoms with E-state index in [1.807, 2.05) is 0 Å². The number of methoxy groups -OCH3 is 1. The number of rotatable bonds is 4. The molecule has 1 nitrogen and oxygen atoms in total. The van der Waals surface area contributed by atoms with E-state index in [0.717, 1.165) is 5.75 Å². The van der Waals surface area contributed by atoms with E-state index in [-0.39, 0.29) is 5.92 Å². The molecule has 3 aromatic carbocycles. The van der Waals surface area contributed by atoms with Crippen LogP contribution in [0.2, 0.25) is 0 Å². The molecule has 22 heavy (non-hydrogen) atoms. The Morgan fingerprint density at radius 1 is 0.727 bits per heavy atom. The van der Waals surface area contributed by atoms with Crippen LogP contribution >= 0.6 is 0 Å². The molecule has 110 valence electrons. The van der Waals surface area contributed by atoms with Gasteiger partial charge in [-0.1, -0.05) is 78.4 Å². The fourth-order valence-electron chi connectivity index (χ4n) is 2.92. The Labute approximate surface area is 132 Å². The number of ether oxygens (including phenoxy) is 1. The predicted octanol–water partition coefficient (Wildman–Crippen LogP) is 5.18. The molecule has 1 heteroatoms. The Morgan fingerprint density at radius 3 is 1.77 bits per heavy atom. The molecule has 0 N–H and O–H groups in total. The van der Waals surface area contributed by atoms with Gasteiger partial charge in [-0.2, -0.15) is 0 Å². The average molecular weight is 288 g/mol. The second kappa shape index (κ2) is 6.48. The maximum Gasteiger partial charge on any atom is 0.123 e. The smallest absolute Gasteiger partial charge is 0.123 e. The Balaban J connectivity index is 2.21.